The van der Waals surface area contributed by atoms with Crippen LogP contribution in [0.5, 0.6) is 0 Å². The van der Waals surface area contributed by atoms with Crippen LogP contribution in [0.2, 0.25) is 0 Å². The topological polar surface area (TPSA) is 89.1 Å². The molecule has 0 aliphatic carbocycles. The van der Waals surface area contributed by atoms with Gasteiger partial charge in [-0.15, -0.1) is 0 Å². The van der Waals surface area contributed by atoms with E-state index in [4.69, 9.17) is 5.26 Å². The third-order valence-electron chi connectivity index (χ3n) is 2.79. The number of halogens is 3. The molecule has 10 heteroatoms. The van der Waals surface area contributed by atoms with Crippen molar-refractivity contribution in [1.82, 2.24) is 9.13 Å². The molecule has 0 radical (unpaired) electrons. The summed E-state index contributed by atoms with van der Waals surface area (Å²) in [5.41, 5.74) is -1.74. The molecule has 22 heavy (non-hydrogen) atoms. The minimum Gasteiger partial charge on any atom is -0.370 e. The van der Waals surface area contributed by atoms with Gasteiger partial charge in [0.15, 0.2) is 5.56 Å². The summed E-state index contributed by atoms with van der Waals surface area (Å²) in [6.07, 6.45) is -4.44. The van der Waals surface area contributed by atoms with Crippen LogP contribution in [0.4, 0.5) is 19.0 Å². The van der Waals surface area contributed by atoms with Crippen molar-refractivity contribution in [2.75, 3.05) is 18.5 Å². The standard InChI is InChI=1S/C12H15F3N4O3/c1-7(5-22-6-12(13,14)15)17-9-8(4-16)10(20)19(3)11(21)18(9)2/h7,17H,5-6H2,1-3H3/t7-/m1/s1. The molecule has 0 saturated carbocycles. The lowest BCUT2D eigenvalue weighted by Gasteiger charge is -2.19. The maximum absolute atomic E-state index is 12.0. The van der Waals surface area contributed by atoms with E-state index in [9.17, 15) is 22.8 Å². The largest absolute Gasteiger partial charge is 0.411 e. The van der Waals surface area contributed by atoms with Crippen LogP contribution in [0.3, 0.4) is 0 Å². The van der Waals surface area contributed by atoms with Crippen molar-refractivity contribution in [2.24, 2.45) is 14.1 Å². The maximum atomic E-state index is 12.0. The van der Waals surface area contributed by atoms with E-state index in [1.807, 2.05) is 0 Å². The molecule has 0 spiro atoms. The van der Waals surface area contributed by atoms with Crippen molar-refractivity contribution in [1.29, 1.82) is 5.26 Å². The normalized spacial score (nSPS) is 12.8. The lowest BCUT2D eigenvalue weighted by molar-refractivity contribution is -0.174. The number of rotatable bonds is 5. The minimum atomic E-state index is -4.44. The van der Waals surface area contributed by atoms with E-state index >= 15 is 0 Å². The van der Waals surface area contributed by atoms with Gasteiger partial charge in [-0.1, -0.05) is 0 Å². The molecule has 1 rings (SSSR count). The average Bonchev–Trinajstić information content (AvgIpc) is 2.41. The Morgan fingerprint density at radius 3 is 2.41 bits per heavy atom. The van der Waals surface area contributed by atoms with Gasteiger partial charge in [0, 0.05) is 20.1 Å². The predicted octanol–water partition coefficient (Wildman–Crippen LogP) is 0.335. The molecule has 122 valence electrons. The Morgan fingerprint density at radius 2 is 1.91 bits per heavy atom. The summed E-state index contributed by atoms with van der Waals surface area (Å²) < 4.78 is 42.3. The Hall–Kier alpha value is -2.28. The number of aromatic nitrogens is 2. The Balaban J connectivity index is 2.97. The van der Waals surface area contributed by atoms with E-state index in [2.05, 4.69) is 10.1 Å². The van der Waals surface area contributed by atoms with E-state index in [0.29, 0.717) is 0 Å². The van der Waals surface area contributed by atoms with Gasteiger partial charge in [0.2, 0.25) is 0 Å². The first-order chi connectivity index (χ1) is 10.1. The lowest BCUT2D eigenvalue weighted by atomic mass is 10.3. The first-order valence-corrected chi connectivity index (χ1v) is 6.19. The molecule has 1 atom stereocenters. The quantitative estimate of drug-likeness (QED) is 0.845. The van der Waals surface area contributed by atoms with Crippen LogP contribution in [0.25, 0.3) is 0 Å². The third kappa shape index (κ3) is 4.11. The van der Waals surface area contributed by atoms with Gasteiger partial charge in [0.05, 0.1) is 6.61 Å². The van der Waals surface area contributed by atoms with E-state index in [1.54, 1.807) is 6.07 Å². The van der Waals surface area contributed by atoms with Gasteiger partial charge in [0.25, 0.3) is 5.56 Å². The Labute approximate surface area is 123 Å². The van der Waals surface area contributed by atoms with E-state index in [1.165, 1.54) is 21.0 Å². The molecule has 0 saturated heterocycles. The molecule has 0 bridgehead atoms. The fraction of sp³-hybridized carbons (Fsp3) is 0.583. The summed E-state index contributed by atoms with van der Waals surface area (Å²) >= 11 is 0. The fourth-order valence-corrected chi connectivity index (χ4v) is 1.74. The number of nitrogens with zero attached hydrogens (tertiary/aromatic N) is 3. The number of nitrogens with one attached hydrogen (secondary N) is 1. The average molecular weight is 320 g/mol. The van der Waals surface area contributed by atoms with Crippen molar-refractivity contribution in [3.05, 3.63) is 26.4 Å². The second-order valence-electron chi connectivity index (χ2n) is 4.72. The van der Waals surface area contributed by atoms with Gasteiger partial charge < -0.3 is 10.1 Å². The van der Waals surface area contributed by atoms with E-state index < -0.39 is 30.1 Å². The van der Waals surface area contributed by atoms with Gasteiger partial charge in [-0.25, -0.2) is 4.79 Å². The van der Waals surface area contributed by atoms with Crippen LogP contribution in [0, 0.1) is 11.3 Å². The molecule has 0 aliphatic rings. The monoisotopic (exact) mass is 320 g/mol. The first-order valence-electron chi connectivity index (χ1n) is 6.19. The summed E-state index contributed by atoms with van der Waals surface area (Å²) in [5, 5.41) is 11.7. The summed E-state index contributed by atoms with van der Waals surface area (Å²) in [6, 6.07) is 1.04. The van der Waals surface area contributed by atoms with Crippen LogP contribution < -0.4 is 16.6 Å². The molecule has 0 unspecified atom stereocenters. The fourth-order valence-electron chi connectivity index (χ4n) is 1.74. The molecular weight excluding hydrogens is 305 g/mol. The highest BCUT2D eigenvalue weighted by Crippen LogP contribution is 2.15. The van der Waals surface area contributed by atoms with Gasteiger partial charge >= 0.3 is 11.9 Å². The third-order valence-corrected chi connectivity index (χ3v) is 2.79. The summed E-state index contributed by atoms with van der Waals surface area (Å²) in [6.45, 7) is -0.215. The van der Waals surface area contributed by atoms with Gasteiger partial charge in [0.1, 0.15) is 18.5 Å². The van der Waals surface area contributed by atoms with Crippen LogP contribution in [-0.4, -0.2) is 34.6 Å². The number of nitriles is 1. The summed E-state index contributed by atoms with van der Waals surface area (Å²) in [4.78, 5) is 23.6. The van der Waals surface area contributed by atoms with Crippen molar-refractivity contribution in [3.63, 3.8) is 0 Å². The number of alkyl halides is 3. The number of ether oxygens (including phenoxy) is 1. The van der Waals surface area contributed by atoms with Crippen LogP contribution in [0.1, 0.15) is 12.5 Å². The molecule has 0 fully saturated rings. The SMILES string of the molecule is C[C@H](COCC(F)(F)F)Nc1c(C#N)c(=O)n(C)c(=O)n1C. The van der Waals surface area contributed by atoms with Crippen LogP contribution in [0.15, 0.2) is 9.59 Å². The first kappa shape index (κ1) is 17.8. The molecule has 1 aromatic heterocycles. The van der Waals surface area contributed by atoms with Crippen LogP contribution in [-0.2, 0) is 18.8 Å². The molecule has 1 N–H and O–H groups in total. The van der Waals surface area contributed by atoms with Crippen molar-refractivity contribution in [3.8, 4) is 6.07 Å². The Bertz CT molecular complexity index is 700. The molecule has 7 nitrogen and oxygen atoms in total. The van der Waals surface area contributed by atoms with Crippen molar-refractivity contribution < 1.29 is 17.9 Å². The highest BCUT2D eigenvalue weighted by Gasteiger charge is 2.27. The number of anilines is 1. The molecule has 0 aromatic carbocycles. The predicted molar refractivity (Wildman–Crippen MR) is 71.6 cm³/mol. The molecule has 0 aliphatic heterocycles. The van der Waals surface area contributed by atoms with Crippen molar-refractivity contribution >= 4 is 5.82 Å². The highest BCUT2D eigenvalue weighted by molar-refractivity contribution is 5.51. The lowest BCUT2D eigenvalue weighted by Crippen LogP contribution is -2.41. The minimum absolute atomic E-state index is 0.0568. The smallest absolute Gasteiger partial charge is 0.370 e. The van der Waals surface area contributed by atoms with Gasteiger partial charge in [-0.05, 0) is 6.92 Å². The maximum Gasteiger partial charge on any atom is 0.411 e. The summed E-state index contributed by atoms with van der Waals surface area (Å²) in [7, 11) is 2.57. The Morgan fingerprint density at radius 1 is 1.32 bits per heavy atom. The Kier molecular flexibility index (Phi) is 5.38. The highest BCUT2D eigenvalue weighted by atomic mass is 19.4. The second kappa shape index (κ2) is 6.65. The zero-order valence-corrected chi connectivity index (χ0v) is 12.2. The van der Waals surface area contributed by atoms with E-state index in [-0.39, 0.29) is 18.0 Å². The van der Waals surface area contributed by atoms with Crippen LogP contribution >= 0.6 is 0 Å². The molecule has 0 amide bonds. The number of hydrogen-bond donors (Lipinski definition) is 1. The van der Waals surface area contributed by atoms with Crippen molar-refractivity contribution in [2.45, 2.75) is 19.1 Å². The van der Waals surface area contributed by atoms with E-state index in [0.717, 1.165) is 9.13 Å². The summed E-state index contributed by atoms with van der Waals surface area (Å²) in [5.74, 6) is -0.0568. The van der Waals surface area contributed by atoms with Gasteiger partial charge in [-0.2, -0.15) is 18.4 Å². The molecule has 1 aromatic rings. The zero-order valence-electron chi connectivity index (χ0n) is 12.2. The zero-order chi connectivity index (χ0) is 17.1. The molecule has 1 heterocycles. The number of hydrogen-bond acceptors (Lipinski definition) is 5. The van der Waals surface area contributed by atoms with Gasteiger partial charge in [-0.3, -0.25) is 13.9 Å². The second-order valence-corrected chi connectivity index (χ2v) is 4.72. The molecular formula is C12H15F3N4O3.